The van der Waals surface area contributed by atoms with Crippen molar-refractivity contribution < 1.29 is 21.6 Å². The highest BCUT2D eigenvalue weighted by molar-refractivity contribution is 8.06. The maximum Gasteiger partial charge on any atom is 0.392 e. The maximum absolute atomic E-state index is 11.3. The highest BCUT2D eigenvalue weighted by Gasteiger charge is 2.47. The van der Waals surface area contributed by atoms with Gasteiger partial charge in [0.05, 0.1) is 6.92 Å². The summed E-state index contributed by atoms with van der Waals surface area (Å²) >= 11 is 0. The van der Waals surface area contributed by atoms with Gasteiger partial charge in [0, 0.05) is 0 Å². The second-order valence-corrected chi connectivity index (χ2v) is 6.96. The van der Waals surface area contributed by atoms with Crippen molar-refractivity contribution in [3.8, 4) is 0 Å². The van der Waals surface area contributed by atoms with Crippen molar-refractivity contribution in [2.75, 3.05) is 11.5 Å². The fraction of sp³-hybridized carbons (Fsp3) is 0.833. The molecule has 0 heterocycles. The molecule has 0 saturated carbocycles. The molecule has 0 fully saturated rings. The van der Waals surface area contributed by atoms with Crippen LogP contribution in [-0.2, 0) is 24.8 Å². The van der Waals surface area contributed by atoms with Crippen LogP contribution in [0.5, 0.6) is 0 Å². The van der Waals surface area contributed by atoms with Crippen LogP contribution in [0.25, 0.3) is 0 Å². The van der Waals surface area contributed by atoms with Crippen LogP contribution in [0.1, 0.15) is 20.8 Å². The van der Waals surface area contributed by atoms with Crippen LogP contribution in [0.4, 0.5) is 0 Å². The molecule has 8 heteroatoms. The summed E-state index contributed by atoms with van der Waals surface area (Å²) in [5, 5.41) is 0. The van der Waals surface area contributed by atoms with Gasteiger partial charge in [0.2, 0.25) is 0 Å². The fourth-order valence-corrected chi connectivity index (χ4v) is 4.07. The number of sulfonamides is 2. The van der Waals surface area contributed by atoms with Gasteiger partial charge < -0.3 is 0 Å². The van der Waals surface area contributed by atoms with Crippen molar-refractivity contribution >= 4 is 26.0 Å². The van der Waals surface area contributed by atoms with Gasteiger partial charge >= 0.3 is 26.0 Å². The summed E-state index contributed by atoms with van der Waals surface area (Å²) in [6.07, 6.45) is 0. The Kier molecular flexibility index (Phi) is 4.22. The van der Waals surface area contributed by atoms with Gasteiger partial charge in [-0.15, -0.1) is 0 Å². The van der Waals surface area contributed by atoms with E-state index in [9.17, 15) is 21.6 Å². The molecular formula is C6H13NO5S2+. The zero-order valence-electron chi connectivity index (χ0n) is 8.22. The second-order valence-electron chi connectivity index (χ2n) is 2.52. The average Bonchev–Trinajstić information content (AvgIpc) is 2.02. The van der Waals surface area contributed by atoms with E-state index in [1.54, 1.807) is 0 Å². The number of rotatable bonds is 4. The molecule has 0 spiro atoms. The van der Waals surface area contributed by atoms with Crippen LogP contribution >= 0.6 is 0 Å². The Morgan fingerprint density at radius 3 is 1.43 bits per heavy atom. The van der Waals surface area contributed by atoms with Gasteiger partial charge in [0.15, 0.2) is 0 Å². The zero-order chi connectivity index (χ0) is 11.6. The smallest absolute Gasteiger partial charge is 0.223 e. The monoisotopic (exact) mass is 243 g/mol. The number of carbonyl (C=O) groups excluding carboxylic acids is 1. The van der Waals surface area contributed by atoms with Gasteiger partial charge in [-0.05, 0) is 13.8 Å². The van der Waals surface area contributed by atoms with Gasteiger partial charge in [0.1, 0.15) is 15.2 Å². The number of amides is 1. The van der Waals surface area contributed by atoms with Gasteiger partial charge in [0.25, 0.3) is 0 Å². The van der Waals surface area contributed by atoms with E-state index < -0.39 is 37.5 Å². The minimum atomic E-state index is -4.03. The van der Waals surface area contributed by atoms with Gasteiger partial charge in [-0.1, -0.05) is 0 Å². The van der Waals surface area contributed by atoms with Crippen LogP contribution in [-0.4, -0.2) is 34.2 Å². The molecule has 0 rings (SSSR count). The highest BCUT2D eigenvalue weighted by atomic mass is 32.3. The Bertz CT molecular complexity index is 374. The molecule has 0 unspecified atom stereocenters. The summed E-state index contributed by atoms with van der Waals surface area (Å²) in [5.41, 5.74) is 0. The minimum absolute atomic E-state index is 0.0417. The number of hydrogen-bond donors (Lipinski definition) is 0. The Morgan fingerprint density at radius 2 is 1.29 bits per heavy atom. The summed E-state index contributed by atoms with van der Waals surface area (Å²) in [4.78, 5) is 10.9. The summed E-state index contributed by atoms with van der Waals surface area (Å²) in [7, 11) is -8.07. The highest BCUT2D eigenvalue weighted by Crippen LogP contribution is 2.06. The normalized spacial score (nSPS) is 13.1. The molecule has 1 radical (unpaired) electrons. The molecule has 0 atom stereocenters. The predicted octanol–water partition coefficient (Wildman–Crippen LogP) is -0.628. The molecule has 0 aromatic heterocycles. The number of hydrogen-bond acceptors (Lipinski definition) is 5. The topological polar surface area (TPSA) is 91.2 Å². The number of carbonyl (C=O) groups is 1. The van der Waals surface area contributed by atoms with E-state index in [4.69, 9.17) is 0 Å². The van der Waals surface area contributed by atoms with Crippen molar-refractivity contribution in [1.82, 2.24) is 3.71 Å². The summed E-state index contributed by atoms with van der Waals surface area (Å²) in [6, 6.07) is 0. The first-order valence-corrected chi connectivity index (χ1v) is 7.17. The van der Waals surface area contributed by atoms with E-state index in [0.717, 1.165) is 6.92 Å². The molecule has 14 heavy (non-hydrogen) atoms. The first-order chi connectivity index (χ1) is 6.19. The molecule has 0 aromatic rings. The van der Waals surface area contributed by atoms with E-state index in [-0.39, 0.29) is 3.71 Å². The lowest BCUT2D eigenvalue weighted by atomic mass is 10.8. The van der Waals surface area contributed by atoms with E-state index in [2.05, 4.69) is 0 Å². The van der Waals surface area contributed by atoms with E-state index in [1.165, 1.54) is 13.8 Å². The summed E-state index contributed by atoms with van der Waals surface area (Å²) < 4.78 is 45.0. The van der Waals surface area contributed by atoms with E-state index >= 15 is 0 Å². The molecule has 0 saturated heterocycles. The van der Waals surface area contributed by atoms with Gasteiger partial charge in [-0.25, -0.2) is 4.79 Å². The van der Waals surface area contributed by atoms with Crippen molar-refractivity contribution in [3.05, 3.63) is 0 Å². The Balaban J connectivity index is 5.54. The first kappa shape index (κ1) is 13.5. The predicted molar refractivity (Wildman–Crippen MR) is 51.7 cm³/mol. The Morgan fingerprint density at radius 1 is 1.00 bits per heavy atom. The molecule has 0 N–H and O–H groups in total. The molecule has 1 amide bonds. The SMILES string of the molecule is CCS(=O)(=O)[N+](C(C)=O)S(=O)(=O)CC. The van der Waals surface area contributed by atoms with Crippen molar-refractivity contribution in [2.45, 2.75) is 20.8 Å². The molecule has 83 valence electrons. The van der Waals surface area contributed by atoms with Crippen LogP contribution in [0.3, 0.4) is 0 Å². The first-order valence-electron chi connectivity index (χ1n) is 3.95. The van der Waals surface area contributed by atoms with E-state index in [0.29, 0.717) is 0 Å². The van der Waals surface area contributed by atoms with Crippen LogP contribution in [0, 0.1) is 0 Å². The molecular weight excluding hydrogens is 230 g/mol. The third-order valence-corrected chi connectivity index (χ3v) is 5.84. The minimum Gasteiger partial charge on any atom is -0.223 e. The molecule has 6 nitrogen and oxygen atoms in total. The molecule has 0 aromatic carbocycles. The molecule has 0 aliphatic carbocycles. The Hall–Kier alpha value is -0.470. The van der Waals surface area contributed by atoms with Crippen LogP contribution in [0.15, 0.2) is 0 Å². The lowest BCUT2D eigenvalue weighted by Gasteiger charge is -2.04. The molecule has 0 aliphatic heterocycles. The lowest BCUT2D eigenvalue weighted by molar-refractivity contribution is -0.118. The average molecular weight is 243 g/mol. The van der Waals surface area contributed by atoms with Crippen molar-refractivity contribution in [2.24, 2.45) is 0 Å². The largest absolute Gasteiger partial charge is 0.392 e. The van der Waals surface area contributed by atoms with Crippen LogP contribution in [0.2, 0.25) is 0 Å². The van der Waals surface area contributed by atoms with Crippen molar-refractivity contribution in [3.63, 3.8) is 0 Å². The Labute approximate surface area is 84.0 Å². The zero-order valence-corrected chi connectivity index (χ0v) is 9.85. The quantitative estimate of drug-likeness (QED) is 0.613. The second kappa shape index (κ2) is 4.37. The van der Waals surface area contributed by atoms with Crippen LogP contribution < -0.4 is 3.71 Å². The standard InChI is InChI=1S/C6H13NO5S2/c1-4-13(9,10)7(6(3)8)14(11,12)5-2/h4-5H2,1-3H3/q+1. The summed E-state index contributed by atoms with van der Waals surface area (Å²) in [6.45, 7) is 3.45. The summed E-state index contributed by atoms with van der Waals surface area (Å²) in [5.74, 6) is -1.86. The number of nitrogens with zero attached hydrogens (tertiary/aromatic N) is 1. The lowest BCUT2D eigenvalue weighted by Crippen LogP contribution is -2.47. The third kappa shape index (κ3) is 2.76. The third-order valence-electron chi connectivity index (χ3n) is 1.49. The fourth-order valence-electron chi connectivity index (χ4n) is 0.799. The van der Waals surface area contributed by atoms with Gasteiger partial charge in [-0.2, -0.15) is 16.8 Å². The molecule has 0 bridgehead atoms. The molecule has 0 aliphatic rings. The van der Waals surface area contributed by atoms with Crippen molar-refractivity contribution in [1.29, 1.82) is 0 Å². The maximum atomic E-state index is 11.3. The van der Waals surface area contributed by atoms with Gasteiger partial charge in [-0.3, -0.25) is 0 Å². The van der Waals surface area contributed by atoms with E-state index in [1.807, 2.05) is 0 Å².